The zero-order chi connectivity index (χ0) is 17.2. The summed E-state index contributed by atoms with van der Waals surface area (Å²) in [5, 5.41) is 13.6. The quantitative estimate of drug-likeness (QED) is 0.653. The largest absolute Gasteiger partial charge is 0.506 e. The number of hydrogen-bond donors (Lipinski definition) is 2. The van der Waals surface area contributed by atoms with E-state index in [1.165, 1.54) is 6.07 Å². The number of nitrogens with zero attached hydrogens (tertiary/aromatic N) is 1. The summed E-state index contributed by atoms with van der Waals surface area (Å²) < 4.78 is 40.7. The predicted octanol–water partition coefficient (Wildman–Crippen LogP) is 5.01. The van der Waals surface area contributed by atoms with Gasteiger partial charge in [0.2, 0.25) is 0 Å². The lowest BCUT2D eigenvalue weighted by Crippen LogP contribution is -2.45. The van der Waals surface area contributed by atoms with Gasteiger partial charge in [-0.05, 0) is 40.4 Å². The molecule has 1 fully saturated rings. The van der Waals surface area contributed by atoms with Crippen LogP contribution in [0, 0.1) is 5.92 Å². The van der Waals surface area contributed by atoms with Gasteiger partial charge in [-0.3, -0.25) is 4.90 Å². The van der Waals surface area contributed by atoms with Gasteiger partial charge >= 0.3 is 6.18 Å². The van der Waals surface area contributed by atoms with Crippen LogP contribution < -0.4 is 5.32 Å². The molecule has 0 aromatic heterocycles. The summed E-state index contributed by atoms with van der Waals surface area (Å²) in [5.74, 6) is -0.0849. The van der Waals surface area contributed by atoms with Crippen molar-refractivity contribution in [2.75, 3.05) is 26.2 Å². The molecule has 0 radical (unpaired) electrons. The monoisotopic (exact) mass is 466 g/mol. The van der Waals surface area contributed by atoms with Crippen molar-refractivity contribution in [1.29, 1.82) is 0 Å². The molecular formula is C16H24BrCl2F3N2O. The third-order valence-electron chi connectivity index (χ3n) is 4.09. The molecule has 2 rings (SSSR count). The zero-order valence-corrected chi connectivity index (χ0v) is 17.3. The zero-order valence-electron chi connectivity index (χ0n) is 14.1. The molecule has 1 saturated heterocycles. The lowest BCUT2D eigenvalue weighted by molar-refractivity contribution is -0.139. The van der Waals surface area contributed by atoms with E-state index in [1.54, 1.807) is 0 Å². The number of phenols is 1. The van der Waals surface area contributed by atoms with Crippen LogP contribution in [0.15, 0.2) is 16.6 Å². The highest BCUT2D eigenvalue weighted by atomic mass is 79.9. The van der Waals surface area contributed by atoms with Gasteiger partial charge in [0.25, 0.3) is 0 Å². The number of halogens is 6. The summed E-state index contributed by atoms with van der Waals surface area (Å²) in [6.07, 6.45) is -3.93. The second-order valence-electron chi connectivity index (χ2n) is 6.29. The van der Waals surface area contributed by atoms with Gasteiger partial charge in [-0.15, -0.1) is 24.8 Å². The van der Waals surface area contributed by atoms with Crippen molar-refractivity contribution in [3.05, 3.63) is 27.7 Å². The molecule has 25 heavy (non-hydrogen) atoms. The Morgan fingerprint density at radius 2 is 1.76 bits per heavy atom. The molecule has 1 atom stereocenters. The van der Waals surface area contributed by atoms with Gasteiger partial charge in [-0.2, -0.15) is 13.2 Å². The molecule has 0 unspecified atom stereocenters. The number of hydrogen-bond acceptors (Lipinski definition) is 3. The molecular weight excluding hydrogens is 444 g/mol. The minimum absolute atomic E-state index is 0. The molecule has 1 aromatic rings. The first-order valence-electron chi connectivity index (χ1n) is 7.75. The lowest BCUT2D eigenvalue weighted by atomic mass is 9.90. The normalized spacial score (nSPS) is 16.9. The van der Waals surface area contributed by atoms with Crippen LogP contribution in [-0.2, 0) is 6.18 Å². The number of alkyl halides is 3. The van der Waals surface area contributed by atoms with Crippen LogP contribution in [0.3, 0.4) is 0 Å². The summed E-state index contributed by atoms with van der Waals surface area (Å²) in [6, 6.07) is 1.85. The van der Waals surface area contributed by atoms with Crippen LogP contribution in [0.2, 0.25) is 0 Å². The summed E-state index contributed by atoms with van der Waals surface area (Å²) in [5.41, 5.74) is -0.759. The van der Waals surface area contributed by atoms with E-state index in [2.05, 4.69) is 21.2 Å². The van der Waals surface area contributed by atoms with Crippen molar-refractivity contribution in [2.45, 2.75) is 32.5 Å². The number of benzene rings is 1. The first kappa shape index (κ1) is 24.8. The van der Waals surface area contributed by atoms with Crippen molar-refractivity contribution in [3.63, 3.8) is 0 Å². The molecule has 146 valence electrons. The van der Waals surface area contributed by atoms with E-state index in [-0.39, 0.29) is 42.0 Å². The van der Waals surface area contributed by atoms with Crippen LogP contribution in [0.25, 0.3) is 0 Å². The van der Waals surface area contributed by atoms with Crippen molar-refractivity contribution >= 4 is 40.7 Å². The molecule has 2 N–H and O–H groups in total. The maximum absolute atomic E-state index is 13.5. The van der Waals surface area contributed by atoms with E-state index >= 15 is 0 Å². The van der Waals surface area contributed by atoms with Crippen LogP contribution in [0.1, 0.15) is 37.4 Å². The molecule has 0 saturated carbocycles. The number of aromatic hydroxyl groups is 1. The maximum Gasteiger partial charge on any atom is 0.416 e. The number of phenolic OH excluding ortho intramolecular Hbond substituents is 1. The smallest absolute Gasteiger partial charge is 0.416 e. The van der Waals surface area contributed by atoms with Crippen molar-refractivity contribution in [1.82, 2.24) is 10.2 Å². The fourth-order valence-electron chi connectivity index (χ4n) is 3.06. The molecule has 3 nitrogen and oxygen atoms in total. The third kappa shape index (κ3) is 6.17. The summed E-state index contributed by atoms with van der Waals surface area (Å²) in [6.45, 7) is 6.78. The Morgan fingerprint density at radius 3 is 2.24 bits per heavy atom. The topological polar surface area (TPSA) is 35.5 Å². The van der Waals surface area contributed by atoms with Gasteiger partial charge in [0.1, 0.15) is 5.75 Å². The minimum atomic E-state index is -4.49. The molecule has 0 bridgehead atoms. The minimum Gasteiger partial charge on any atom is -0.506 e. The van der Waals surface area contributed by atoms with Gasteiger partial charge in [0.05, 0.1) is 10.0 Å². The Kier molecular flexibility index (Phi) is 10.1. The SMILES string of the molecule is CC(C)C[C@@H](c1c(C(F)(F)F)ccc(Br)c1O)N1CCNCC1.Cl.Cl. The molecule has 1 aliphatic rings. The number of rotatable bonds is 4. The Hall–Kier alpha value is -0.210. The Labute approximate surface area is 167 Å². The Bertz CT molecular complexity index is 553. The average Bonchev–Trinajstić information content (AvgIpc) is 2.47. The van der Waals surface area contributed by atoms with Gasteiger partial charge in [0.15, 0.2) is 0 Å². The summed E-state index contributed by atoms with van der Waals surface area (Å²) in [4.78, 5) is 2.03. The summed E-state index contributed by atoms with van der Waals surface area (Å²) in [7, 11) is 0. The first-order valence-corrected chi connectivity index (χ1v) is 8.54. The van der Waals surface area contributed by atoms with Crippen LogP contribution >= 0.6 is 40.7 Å². The van der Waals surface area contributed by atoms with Crippen LogP contribution in [0.5, 0.6) is 5.75 Å². The molecule has 0 spiro atoms. The summed E-state index contributed by atoms with van der Waals surface area (Å²) >= 11 is 3.16. The highest BCUT2D eigenvalue weighted by Gasteiger charge is 2.39. The van der Waals surface area contributed by atoms with Crippen molar-refractivity contribution < 1.29 is 18.3 Å². The van der Waals surface area contributed by atoms with E-state index in [0.717, 1.165) is 19.2 Å². The van der Waals surface area contributed by atoms with Gasteiger partial charge in [-0.25, -0.2) is 0 Å². The molecule has 0 aliphatic carbocycles. The highest BCUT2D eigenvalue weighted by molar-refractivity contribution is 9.10. The molecule has 1 heterocycles. The van der Waals surface area contributed by atoms with Crippen molar-refractivity contribution in [3.8, 4) is 5.75 Å². The molecule has 1 aromatic carbocycles. The second kappa shape index (κ2) is 10.2. The van der Waals surface area contributed by atoms with Crippen LogP contribution in [-0.4, -0.2) is 36.2 Å². The third-order valence-corrected chi connectivity index (χ3v) is 4.73. The standard InChI is InChI=1S/C16H22BrF3N2O.2ClH/c1-10(2)9-13(22-7-5-21-6-8-22)14-11(16(18,19)20)3-4-12(17)15(14)23;;/h3-4,10,13,21,23H,5-9H2,1-2H3;2*1H/t13-;;/m0../s1. The number of nitrogens with one attached hydrogen (secondary N) is 1. The molecule has 0 amide bonds. The Balaban J connectivity index is 0.00000288. The van der Waals surface area contributed by atoms with Gasteiger partial charge in [0, 0.05) is 37.8 Å². The van der Waals surface area contributed by atoms with E-state index in [4.69, 9.17) is 0 Å². The molecule has 1 aliphatic heterocycles. The van der Waals surface area contributed by atoms with E-state index in [1.807, 2.05) is 18.7 Å². The number of piperazine rings is 1. The fraction of sp³-hybridized carbons (Fsp3) is 0.625. The fourth-order valence-corrected chi connectivity index (χ4v) is 3.40. The lowest BCUT2D eigenvalue weighted by Gasteiger charge is -2.37. The van der Waals surface area contributed by atoms with Gasteiger partial charge < -0.3 is 10.4 Å². The predicted molar refractivity (Wildman–Crippen MR) is 102 cm³/mol. The second-order valence-corrected chi connectivity index (χ2v) is 7.14. The molecule has 9 heteroatoms. The van der Waals surface area contributed by atoms with E-state index in [9.17, 15) is 18.3 Å². The highest BCUT2D eigenvalue weighted by Crippen LogP contribution is 2.45. The van der Waals surface area contributed by atoms with E-state index < -0.39 is 17.8 Å². The van der Waals surface area contributed by atoms with E-state index in [0.29, 0.717) is 24.0 Å². The van der Waals surface area contributed by atoms with Gasteiger partial charge in [-0.1, -0.05) is 13.8 Å². The maximum atomic E-state index is 13.5. The van der Waals surface area contributed by atoms with Crippen LogP contribution in [0.4, 0.5) is 13.2 Å². The van der Waals surface area contributed by atoms with Crippen molar-refractivity contribution in [2.24, 2.45) is 5.92 Å². The first-order chi connectivity index (χ1) is 10.7. The average molecular weight is 468 g/mol. The Morgan fingerprint density at radius 1 is 1.20 bits per heavy atom.